The van der Waals surface area contributed by atoms with Crippen molar-refractivity contribution in [2.24, 2.45) is 0 Å². The molecule has 0 radical (unpaired) electrons. The molecule has 1 N–H and O–H groups in total. The number of carbonyl (C=O) groups is 1. The minimum atomic E-state index is -4.84. The van der Waals surface area contributed by atoms with Gasteiger partial charge < -0.3 is 5.11 Å². The normalized spacial score (nSPS) is 11.6. The molecule has 0 atom stereocenters. The number of rotatable bonds is 3. The number of benzene rings is 1. The van der Waals surface area contributed by atoms with Gasteiger partial charge in [-0.3, -0.25) is 0 Å². The number of hydrogen-bond donors (Lipinski definition) is 1. The van der Waals surface area contributed by atoms with Crippen molar-refractivity contribution in [1.29, 1.82) is 0 Å². The van der Waals surface area contributed by atoms with E-state index in [1.165, 1.54) is 0 Å². The molecule has 20 heavy (non-hydrogen) atoms. The van der Waals surface area contributed by atoms with Crippen LogP contribution in [0.3, 0.4) is 0 Å². The first-order chi connectivity index (χ1) is 9.29. The second-order valence-corrected chi connectivity index (χ2v) is 4.79. The smallest absolute Gasteiger partial charge is 0.435 e. The highest BCUT2D eigenvalue weighted by Crippen LogP contribution is 2.31. The first-order valence-corrected chi connectivity index (χ1v) is 6.07. The summed E-state index contributed by atoms with van der Waals surface area (Å²) in [7, 11) is 0. The van der Waals surface area contributed by atoms with Crippen molar-refractivity contribution in [1.82, 2.24) is 15.0 Å². The zero-order valence-electron chi connectivity index (χ0n) is 9.73. The van der Waals surface area contributed by atoms with Crippen LogP contribution in [0.5, 0.6) is 0 Å². The molecule has 0 spiro atoms. The Labute approximate surface area is 119 Å². The number of carboxylic acids is 1. The third-order valence-corrected chi connectivity index (χ3v) is 2.92. The van der Waals surface area contributed by atoms with E-state index in [1.807, 2.05) is 0 Å². The first kappa shape index (κ1) is 14.5. The molecule has 1 aromatic carbocycles. The largest absolute Gasteiger partial charge is 0.476 e. The van der Waals surface area contributed by atoms with Gasteiger partial charge in [0.05, 0.1) is 6.54 Å². The predicted octanol–water partition coefficient (Wildman–Crippen LogP) is 2.81. The molecule has 106 valence electrons. The molecule has 0 unspecified atom stereocenters. The van der Waals surface area contributed by atoms with Crippen molar-refractivity contribution in [2.45, 2.75) is 12.7 Å². The second-order valence-electron chi connectivity index (χ2n) is 3.88. The van der Waals surface area contributed by atoms with Gasteiger partial charge in [-0.2, -0.15) is 13.2 Å². The lowest BCUT2D eigenvalue weighted by atomic mass is 10.2. The summed E-state index contributed by atoms with van der Waals surface area (Å²) in [5, 5.41) is 15.1. The lowest BCUT2D eigenvalue weighted by molar-refractivity contribution is -0.144. The highest BCUT2D eigenvalue weighted by molar-refractivity contribution is 9.10. The van der Waals surface area contributed by atoms with E-state index in [2.05, 4.69) is 26.2 Å². The summed E-state index contributed by atoms with van der Waals surface area (Å²) in [4.78, 5) is 10.8. The van der Waals surface area contributed by atoms with Crippen LogP contribution in [-0.2, 0) is 12.7 Å². The number of hydrogen-bond acceptors (Lipinski definition) is 3. The zero-order valence-corrected chi connectivity index (χ0v) is 11.3. The van der Waals surface area contributed by atoms with Crippen LogP contribution in [0.2, 0.25) is 0 Å². The number of alkyl halides is 3. The van der Waals surface area contributed by atoms with Crippen molar-refractivity contribution in [3.63, 3.8) is 0 Å². The quantitative estimate of drug-likeness (QED) is 0.925. The highest BCUT2D eigenvalue weighted by Gasteiger charge is 2.41. The summed E-state index contributed by atoms with van der Waals surface area (Å²) < 4.78 is 40.0. The van der Waals surface area contributed by atoms with Gasteiger partial charge in [-0.1, -0.05) is 33.3 Å². The van der Waals surface area contributed by atoms with Crippen LogP contribution in [0.15, 0.2) is 28.7 Å². The fourth-order valence-electron chi connectivity index (χ4n) is 1.66. The lowest BCUT2D eigenvalue weighted by Crippen LogP contribution is -2.18. The van der Waals surface area contributed by atoms with Gasteiger partial charge in [-0.25, -0.2) is 9.48 Å². The van der Waals surface area contributed by atoms with E-state index in [-0.39, 0.29) is 6.54 Å². The van der Waals surface area contributed by atoms with Crippen molar-refractivity contribution >= 4 is 21.9 Å². The molecule has 0 saturated heterocycles. The van der Waals surface area contributed by atoms with Crippen LogP contribution in [0.1, 0.15) is 21.7 Å². The van der Waals surface area contributed by atoms with Crippen LogP contribution in [0.4, 0.5) is 13.2 Å². The summed E-state index contributed by atoms with van der Waals surface area (Å²) in [6.45, 7) is -0.228. The van der Waals surface area contributed by atoms with Crippen LogP contribution in [0, 0.1) is 0 Å². The van der Waals surface area contributed by atoms with E-state index in [0.717, 1.165) is 0 Å². The van der Waals surface area contributed by atoms with Gasteiger partial charge >= 0.3 is 12.1 Å². The second kappa shape index (κ2) is 5.23. The van der Waals surface area contributed by atoms with Gasteiger partial charge in [0.15, 0.2) is 5.69 Å². The Kier molecular flexibility index (Phi) is 3.80. The molecular weight excluding hydrogens is 343 g/mol. The van der Waals surface area contributed by atoms with E-state index in [9.17, 15) is 18.0 Å². The summed E-state index contributed by atoms with van der Waals surface area (Å²) in [5.74, 6) is -1.77. The maximum Gasteiger partial charge on any atom is 0.435 e. The Morgan fingerprint density at radius 2 is 2.10 bits per heavy atom. The maximum atomic E-state index is 12.9. The Bertz CT molecular complexity index is 655. The van der Waals surface area contributed by atoms with Gasteiger partial charge in [0.25, 0.3) is 0 Å². The minimum Gasteiger partial charge on any atom is -0.476 e. The molecule has 1 heterocycles. The highest BCUT2D eigenvalue weighted by atomic mass is 79.9. The Hall–Kier alpha value is -1.90. The van der Waals surface area contributed by atoms with Crippen molar-refractivity contribution in [2.75, 3.05) is 0 Å². The van der Waals surface area contributed by atoms with E-state index in [1.54, 1.807) is 24.3 Å². The monoisotopic (exact) mass is 349 g/mol. The molecule has 5 nitrogen and oxygen atoms in total. The maximum absolute atomic E-state index is 12.9. The van der Waals surface area contributed by atoms with Gasteiger partial charge in [-0.05, 0) is 17.7 Å². The van der Waals surface area contributed by atoms with Crippen molar-refractivity contribution in [3.05, 3.63) is 45.7 Å². The number of aromatic carboxylic acids is 1. The predicted molar refractivity (Wildman–Crippen MR) is 65.2 cm³/mol. The molecular formula is C11H7BrF3N3O2. The molecule has 0 aliphatic rings. The lowest BCUT2D eigenvalue weighted by Gasteiger charge is -2.10. The van der Waals surface area contributed by atoms with Crippen LogP contribution < -0.4 is 0 Å². The number of nitrogens with zero attached hydrogens (tertiary/aromatic N) is 3. The third-order valence-electron chi connectivity index (χ3n) is 2.43. The van der Waals surface area contributed by atoms with E-state index < -0.39 is 23.5 Å². The molecule has 0 aliphatic heterocycles. The standard InChI is InChI=1S/C11H7BrF3N3O2/c12-7-3-1-2-6(4-7)5-18-9(11(13,14)15)8(10(19)20)16-17-18/h1-4H,5H2,(H,19,20). The van der Waals surface area contributed by atoms with Gasteiger partial charge in [-0.15, -0.1) is 5.10 Å². The average molecular weight is 350 g/mol. The van der Waals surface area contributed by atoms with Gasteiger partial charge in [0.2, 0.25) is 5.69 Å². The Morgan fingerprint density at radius 3 is 2.65 bits per heavy atom. The molecule has 0 saturated carbocycles. The summed E-state index contributed by atoms with van der Waals surface area (Å²) in [6, 6.07) is 6.59. The summed E-state index contributed by atoms with van der Waals surface area (Å²) >= 11 is 3.20. The number of carboxylic acid groups (broad SMARTS) is 1. The molecule has 2 rings (SSSR count). The van der Waals surface area contributed by atoms with Gasteiger partial charge in [0, 0.05) is 4.47 Å². The molecule has 1 aromatic heterocycles. The molecule has 0 amide bonds. The molecule has 0 bridgehead atoms. The minimum absolute atomic E-state index is 0.228. The molecule has 0 aliphatic carbocycles. The topological polar surface area (TPSA) is 68.0 Å². The van der Waals surface area contributed by atoms with Crippen LogP contribution in [-0.4, -0.2) is 26.1 Å². The van der Waals surface area contributed by atoms with Crippen LogP contribution >= 0.6 is 15.9 Å². The number of halogens is 4. The summed E-state index contributed by atoms with van der Waals surface area (Å²) in [6.07, 6.45) is -4.84. The SMILES string of the molecule is O=C(O)c1nnn(Cc2cccc(Br)c2)c1C(F)(F)F. The number of aromatic nitrogens is 3. The average Bonchev–Trinajstić information content (AvgIpc) is 2.72. The Balaban J connectivity index is 2.45. The molecule has 9 heteroatoms. The van der Waals surface area contributed by atoms with E-state index in [0.29, 0.717) is 14.7 Å². The van der Waals surface area contributed by atoms with Gasteiger partial charge in [0.1, 0.15) is 0 Å². The van der Waals surface area contributed by atoms with E-state index in [4.69, 9.17) is 5.11 Å². The fourth-order valence-corrected chi connectivity index (χ4v) is 2.10. The summed E-state index contributed by atoms with van der Waals surface area (Å²) in [5.41, 5.74) is -1.94. The fraction of sp³-hybridized carbons (Fsp3) is 0.182. The molecule has 0 fully saturated rings. The first-order valence-electron chi connectivity index (χ1n) is 5.27. The van der Waals surface area contributed by atoms with Crippen LogP contribution in [0.25, 0.3) is 0 Å². The van der Waals surface area contributed by atoms with Crippen molar-refractivity contribution < 1.29 is 23.1 Å². The zero-order chi connectivity index (χ0) is 14.9. The van der Waals surface area contributed by atoms with Crippen molar-refractivity contribution in [3.8, 4) is 0 Å². The van der Waals surface area contributed by atoms with E-state index >= 15 is 0 Å². The third kappa shape index (κ3) is 2.98. The Morgan fingerprint density at radius 1 is 1.40 bits per heavy atom. The molecule has 2 aromatic rings.